The molecule has 1 fully saturated rings. The van der Waals surface area contributed by atoms with Gasteiger partial charge in [0, 0.05) is 6.54 Å². The highest BCUT2D eigenvalue weighted by Gasteiger charge is 2.17. The third-order valence-electron chi connectivity index (χ3n) is 2.10. The number of carbonyl (C=O) groups is 1. The summed E-state index contributed by atoms with van der Waals surface area (Å²) in [5.41, 5.74) is 0. The van der Waals surface area contributed by atoms with Crippen molar-refractivity contribution in [1.82, 2.24) is 4.90 Å². The molecule has 1 heterocycles. The van der Waals surface area contributed by atoms with Crippen LogP contribution in [0.3, 0.4) is 0 Å². The van der Waals surface area contributed by atoms with Crippen LogP contribution in [0.15, 0.2) is 0 Å². The molecule has 11 heavy (non-hydrogen) atoms. The zero-order chi connectivity index (χ0) is 8.27. The monoisotopic (exact) mass is 157 g/mol. The molecule has 64 valence electrons. The summed E-state index contributed by atoms with van der Waals surface area (Å²) in [5, 5.41) is 8.51. The summed E-state index contributed by atoms with van der Waals surface area (Å²) in [4.78, 5) is 12.3. The molecular formula is C8H15NO2. The Labute approximate surface area is 67.0 Å². The summed E-state index contributed by atoms with van der Waals surface area (Å²) in [6.45, 7) is 4.29. The summed E-state index contributed by atoms with van der Waals surface area (Å²) in [5.74, 6) is -0.0396. The lowest BCUT2D eigenvalue weighted by Gasteiger charge is -2.29. The van der Waals surface area contributed by atoms with Gasteiger partial charge in [0.1, 0.15) is 0 Å². The fraction of sp³-hybridized carbons (Fsp3) is 0.875. The van der Waals surface area contributed by atoms with Gasteiger partial charge in [-0.25, -0.2) is 0 Å². The van der Waals surface area contributed by atoms with Crippen LogP contribution in [0.1, 0.15) is 19.8 Å². The maximum absolute atomic E-state index is 10.3. The second kappa shape index (κ2) is 3.72. The highest BCUT2D eigenvalue weighted by atomic mass is 16.4. The fourth-order valence-corrected chi connectivity index (χ4v) is 1.62. The summed E-state index contributed by atoms with van der Waals surface area (Å²) in [7, 11) is 0. The normalized spacial score (nSPS) is 26.8. The molecule has 1 atom stereocenters. The maximum Gasteiger partial charge on any atom is 0.317 e. The van der Waals surface area contributed by atoms with Gasteiger partial charge in [0.2, 0.25) is 0 Å². The first-order valence-electron chi connectivity index (χ1n) is 4.12. The molecule has 1 N–H and O–H groups in total. The second-order valence-electron chi connectivity index (χ2n) is 3.38. The zero-order valence-electron chi connectivity index (χ0n) is 6.92. The van der Waals surface area contributed by atoms with E-state index in [9.17, 15) is 4.79 Å². The van der Waals surface area contributed by atoms with Crippen LogP contribution in [0.4, 0.5) is 0 Å². The number of rotatable bonds is 2. The van der Waals surface area contributed by atoms with E-state index >= 15 is 0 Å². The Hall–Kier alpha value is -0.570. The van der Waals surface area contributed by atoms with Crippen molar-refractivity contribution in [3.05, 3.63) is 0 Å². The first-order valence-corrected chi connectivity index (χ1v) is 4.12. The van der Waals surface area contributed by atoms with Gasteiger partial charge in [0.15, 0.2) is 0 Å². The third kappa shape index (κ3) is 2.89. The summed E-state index contributed by atoms with van der Waals surface area (Å²) >= 11 is 0. The van der Waals surface area contributed by atoms with Crippen LogP contribution in [0, 0.1) is 5.92 Å². The Balaban J connectivity index is 2.28. The van der Waals surface area contributed by atoms with Gasteiger partial charge in [-0.3, -0.25) is 9.69 Å². The standard InChI is InChI=1S/C8H15NO2/c1-7-3-2-4-9(5-7)6-8(10)11/h7H,2-6H2,1H3,(H,10,11). The van der Waals surface area contributed by atoms with E-state index in [1.54, 1.807) is 0 Å². The zero-order valence-corrected chi connectivity index (χ0v) is 6.92. The molecule has 0 aromatic heterocycles. The minimum absolute atomic E-state index is 0.213. The average Bonchev–Trinajstić information content (AvgIpc) is 1.85. The van der Waals surface area contributed by atoms with E-state index in [0.717, 1.165) is 19.5 Å². The molecule has 0 spiro atoms. The van der Waals surface area contributed by atoms with Crippen LogP contribution in [-0.2, 0) is 4.79 Å². The van der Waals surface area contributed by atoms with Gasteiger partial charge >= 0.3 is 5.97 Å². The smallest absolute Gasteiger partial charge is 0.317 e. The Kier molecular flexibility index (Phi) is 2.88. The fourth-order valence-electron chi connectivity index (χ4n) is 1.62. The van der Waals surface area contributed by atoms with E-state index in [4.69, 9.17) is 5.11 Å². The van der Waals surface area contributed by atoms with Gasteiger partial charge in [-0.2, -0.15) is 0 Å². The topological polar surface area (TPSA) is 40.5 Å². The summed E-state index contributed by atoms with van der Waals surface area (Å²) in [6.07, 6.45) is 2.39. The van der Waals surface area contributed by atoms with Gasteiger partial charge in [-0.15, -0.1) is 0 Å². The first-order chi connectivity index (χ1) is 5.18. The SMILES string of the molecule is CC1CCCN(CC(=O)O)C1. The molecule has 1 saturated heterocycles. The van der Waals surface area contributed by atoms with Gasteiger partial charge < -0.3 is 5.11 Å². The van der Waals surface area contributed by atoms with Crippen LogP contribution < -0.4 is 0 Å². The van der Waals surface area contributed by atoms with E-state index in [-0.39, 0.29) is 6.54 Å². The molecule has 1 aliphatic rings. The van der Waals surface area contributed by atoms with E-state index in [0.29, 0.717) is 5.92 Å². The van der Waals surface area contributed by atoms with Crippen molar-refractivity contribution in [3.63, 3.8) is 0 Å². The molecule has 0 bridgehead atoms. The molecule has 0 radical (unpaired) electrons. The first kappa shape index (κ1) is 8.53. The van der Waals surface area contributed by atoms with Crippen LogP contribution in [0.25, 0.3) is 0 Å². The third-order valence-corrected chi connectivity index (χ3v) is 2.10. The molecule has 1 aliphatic heterocycles. The number of carboxylic acid groups (broad SMARTS) is 1. The molecule has 1 rings (SSSR count). The minimum atomic E-state index is -0.709. The van der Waals surface area contributed by atoms with E-state index in [2.05, 4.69) is 6.92 Å². The van der Waals surface area contributed by atoms with Crippen molar-refractivity contribution in [3.8, 4) is 0 Å². The molecular weight excluding hydrogens is 142 g/mol. The summed E-state index contributed by atoms with van der Waals surface area (Å²) < 4.78 is 0. The number of likely N-dealkylation sites (tertiary alicyclic amines) is 1. The number of aliphatic carboxylic acids is 1. The van der Waals surface area contributed by atoms with Crippen LogP contribution >= 0.6 is 0 Å². The highest BCUT2D eigenvalue weighted by Crippen LogP contribution is 2.14. The lowest BCUT2D eigenvalue weighted by molar-refractivity contribution is -0.138. The van der Waals surface area contributed by atoms with E-state index in [1.807, 2.05) is 4.90 Å². The Bertz CT molecular complexity index is 147. The molecule has 0 aliphatic carbocycles. The van der Waals surface area contributed by atoms with Crippen molar-refractivity contribution in [1.29, 1.82) is 0 Å². The van der Waals surface area contributed by atoms with Crippen molar-refractivity contribution in [2.45, 2.75) is 19.8 Å². The number of hydrogen-bond donors (Lipinski definition) is 1. The predicted octanol–water partition coefficient (Wildman–Crippen LogP) is 0.803. The number of carboxylic acids is 1. The van der Waals surface area contributed by atoms with Crippen molar-refractivity contribution >= 4 is 5.97 Å². The van der Waals surface area contributed by atoms with E-state index in [1.165, 1.54) is 6.42 Å². The molecule has 0 saturated carbocycles. The van der Waals surface area contributed by atoms with Crippen LogP contribution in [0.2, 0.25) is 0 Å². The molecule has 3 heteroatoms. The lowest BCUT2D eigenvalue weighted by Crippen LogP contribution is -2.37. The van der Waals surface area contributed by atoms with E-state index < -0.39 is 5.97 Å². The quantitative estimate of drug-likeness (QED) is 0.644. The molecule has 0 amide bonds. The largest absolute Gasteiger partial charge is 0.480 e. The lowest BCUT2D eigenvalue weighted by atomic mass is 10.0. The van der Waals surface area contributed by atoms with Gasteiger partial charge in [-0.05, 0) is 25.3 Å². The Morgan fingerprint density at radius 1 is 1.73 bits per heavy atom. The van der Waals surface area contributed by atoms with Crippen LogP contribution in [0.5, 0.6) is 0 Å². The van der Waals surface area contributed by atoms with Crippen molar-refractivity contribution in [2.75, 3.05) is 19.6 Å². The summed E-state index contributed by atoms with van der Waals surface area (Å²) in [6, 6.07) is 0. The maximum atomic E-state index is 10.3. The molecule has 0 aromatic rings. The van der Waals surface area contributed by atoms with Gasteiger partial charge in [0.25, 0.3) is 0 Å². The molecule has 1 unspecified atom stereocenters. The Morgan fingerprint density at radius 2 is 2.45 bits per heavy atom. The second-order valence-corrected chi connectivity index (χ2v) is 3.38. The van der Waals surface area contributed by atoms with Gasteiger partial charge in [-0.1, -0.05) is 6.92 Å². The van der Waals surface area contributed by atoms with Crippen LogP contribution in [-0.4, -0.2) is 35.6 Å². The minimum Gasteiger partial charge on any atom is -0.480 e. The predicted molar refractivity (Wildman–Crippen MR) is 42.5 cm³/mol. The van der Waals surface area contributed by atoms with Crippen molar-refractivity contribution < 1.29 is 9.90 Å². The molecule has 3 nitrogen and oxygen atoms in total. The molecule has 0 aromatic carbocycles. The van der Waals surface area contributed by atoms with Crippen molar-refractivity contribution in [2.24, 2.45) is 5.92 Å². The highest BCUT2D eigenvalue weighted by molar-refractivity contribution is 5.69. The number of hydrogen-bond acceptors (Lipinski definition) is 2. The average molecular weight is 157 g/mol. The van der Waals surface area contributed by atoms with Gasteiger partial charge in [0.05, 0.1) is 6.54 Å². The Morgan fingerprint density at radius 3 is 3.00 bits per heavy atom. The number of piperidine rings is 1. The number of nitrogens with zero attached hydrogens (tertiary/aromatic N) is 1.